The van der Waals surface area contributed by atoms with Crippen LogP contribution in [-0.4, -0.2) is 52.2 Å². The molecular formula is C29H34N4O2. The summed E-state index contributed by atoms with van der Waals surface area (Å²) in [5.41, 5.74) is 5.09. The van der Waals surface area contributed by atoms with Crippen LogP contribution >= 0.6 is 0 Å². The summed E-state index contributed by atoms with van der Waals surface area (Å²) < 4.78 is 0. The SMILES string of the molecule is Cc1ccc(C(=O)Cc2cc(C#N)cc(CN3CCN(C(=O)C4CC5CC5C4)[C@@H](C)C3)c2C)cn1. The molecule has 1 saturated heterocycles. The molecule has 0 spiro atoms. The van der Waals surface area contributed by atoms with Gasteiger partial charge in [-0.1, -0.05) is 0 Å². The number of piperazine rings is 1. The molecule has 2 heterocycles. The minimum Gasteiger partial charge on any atom is -0.337 e. The Hall–Kier alpha value is -3.04. The summed E-state index contributed by atoms with van der Waals surface area (Å²) in [6.45, 7) is 9.22. The second-order valence-electron chi connectivity index (χ2n) is 10.9. The van der Waals surface area contributed by atoms with Gasteiger partial charge >= 0.3 is 0 Å². The number of Topliss-reactive ketones (excluding diaryl/α,β-unsaturated/α-hetero) is 1. The van der Waals surface area contributed by atoms with Crippen molar-refractivity contribution in [2.45, 2.75) is 59.0 Å². The molecule has 1 aromatic heterocycles. The van der Waals surface area contributed by atoms with Crippen molar-refractivity contribution in [2.75, 3.05) is 19.6 Å². The van der Waals surface area contributed by atoms with Crippen molar-refractivity contribution < 1.29 is 9.59 Å². The summed E-state index contributed by atoms with van der Waals surface area (Å²) in [5.74, 6) is 2.25. The topological polar surface area (TPSA) is 77.3 Å². The molecule has 3 aliphatic rings. The molecule has 182 valence electrons. The van der Waals surface area contributed by atoms with Gasteiger partial charge in [-0.3, -0.25) is 19.5 Å². The number of aromatic nitrogens is 1. The van der Waals surface area contributed by atoms with Crippen molar-refractivity contribution in [2.24, 2.45) is 17.8 Å². The van der Waals surface area contributed by atoms with Crippen LogP contribution in [0, 0.1) is 42.9 Å². The number of amides is 1. The van der Waals surface area contributed by atoms with Gasteiger partial charge in [0.05, 0.1) is 11.6 Å². The predicted octanol–water partition coefficient (Wildman–Crippen LogP) is 4.07. The second-order valence-corrected chi connectivity index (χ2v) is 10.9. The van der Waals surface area contributed by atoms with E-state index in [1.807, 2.05) is 38.1 Å². The number of hydrogen-bond donors (Lipinski definition) is 0. The number of nitriles is 1. The summed E-state index contributed by atoms with van der Waals surface area (Å²) >= 11 is 0. The van der Waals surface area contributed by atoms with Crippen LogP contribution in [0.2, 0.25) is 0 Å². The lowest BCUT2D eigenvalue weighted by Gasteiger charge is -2.41. The van der Waals surface area contributed by atoms with E-state index in [0.717, 1.165) is 66.7 Å². The highest BCUT2D eigenvalue weighted by molar-refractivity contribution is 5.97. The fourth-order valence-electron chi connectivity index (χ4n) is 6.06. The minimum absolute atomic E-state index is 0.00642. The van der Waals surface area contributed by atoms with Crippen LogP contribution in [0.4, 0.5) is 0 Å². The molecule has 35 heavy (non-hydrogen) atoms. The quantitative estimate of drug-likeness (QED) is 0.595. The number of hydrogen-bond acceptors (Lipinski definition) is 5. The van der Waals surface area contributed by atoms with Gasteiger partial charge in [-0.15, -0.1) is 0 Å². The van der Waals surface area contributed by atoms with Gasteiger partial charge in [-0.05, 0) is 92.8 Å². The fourth-order valence-corrected chi connectivity index (χ4v) is 6.06. The van der Waals surface area contributed by atoms with Gasteiger partial charge in [-0.25, -0.2) is 0 Å². The Morgan fingerprint density at radius 3 is 2.49 bits per heavy atom. The molecule has 2 saturated carbocycles. The first-order valence-corrected chi connectivity index (χ1v) is 12.8. The lowest BCUT2D eigenvalue weighted by Crippen LogP contribution is -2.55. The number of fused-ring (bicyclic) bond motifs is 1. The van der Waals surface area contributed by atoms with E-state index >= 15 is 0 Å². The third kappa shape index (κ3) is 5.01. The molecule has 3 atom stereocenters. The Labute approximate surface area is 207 Å². The first-order valence-electron chi connectivity index (χ1n) is 12.8. The highest BCUT2D eigenvalue weighted by Crippen LogP contribution is 2.54. The van der Waals surface area contributed by atoms with E-state index in [0.29, 0.717) is 23.6 Å². The Kier molecular flexibility index (Phi) is 6.46. The minimum atomic E-state index is 0.00642. The van der Waals surface area contributed by atoms with Gasteiger partial charge < -0.3 is 4.90 Å². The maximum atomic E-state index is 13.1. The van der Waals surface area contributed by atoms with Gasteiger partial charge in [0.15, 0.2) is 5.78 Å². The van der Waals surface area contributed by atoms with Crippen LogP contribution in [-0.2, 0) is 17.8 Å². The van der Waals surface area contributed by atoms with Crippen LogP contribution in [0.25, 0.3) is 0 Å². The lowest BCUT2D eigenvalue weighted by molar-refractivity contribution is -0.140. The van der Waals surface area contributed by atoms with Crippen LogP contribution in [0.1, 0.15) is 64.5 Å². The van der Waals surface area contributed by atoms with Gasteiger partial charge in [-0.2, -0.15) is 5.26 Å². The van der Waals surface area contributed by atoms with E-state index in [9.17, 15) is 14.9 Å². The van der Waals surface area contributed by atoms with E-state index in [4.69, 9.17) is 0 Å². The molecule has 3 fully saturated rings. The Balaban J connectivity index is 1.26. The number of ketones is 1. The molecule has 2 aromatic rings. The molecule has 1 amide bonds. The maximum absolute atomic E-state index is 13.1. The maximum Gasteiger partial charge on any atom is 0.226 e. The number of carbonyl (C=O) groups is 2. The largest absolute Gasteiger partial charge is 0.337 e. The first-order chi connectivity index (χ1) is 16.8. The smallest absolute Gasteiger partial charge is 0.226 e. The first kappa shape index (κ1) is 23.7. The number of nitrogens with zero attached hydrogens (tertiary/aromatic N) is 4. The van der Waals surface area contributed by atoms with Crippen molar-refractivity contribution in [1.82, 2.24) is 14.8 Å². The molecule has 5 rings (SSSR count). The van der Waals surface area contributed by atoms with E-state index < -0.39 is 0 Å². The molecule has 0 N–H and O–H groups in total. The number of carbonyl (C=O) groups excluding carboxylic acids is 2. The summed E-state index contributed by atoms with van der Waals surface area (Å²) in [6, 6.07) is 9.89. The number of pyridine rings is 1. The van der Waals surface area contributed by atoms with Crippen molar-refractivity contribution in [3.8, 4) is 6.07 Å². The monoisotopic (exact) mass is 470 g/mol. The number of rotatable bonds is 6. The summed E-state index contributed by atoms with van der Waals surface area (Å²) in [6.07, 6.45) is 5.40. The molecule has 6 nitrogen and oxygen atoms in total. The van der Waals surface area contributed by atoms with Gasteiger partial charge in [0.2, 0.25) is 5.91 Å². The molecule has 0 bridgehead atoms. The average molecular weight is 471 g/mol. The summed E-state index contributed by atoms with van der Waals surface area (Å²) in [4.78, 5) is 34.7. The number of aryl methyl sites for hydroxylation is 1. The molecule has 6 heteroatoms. The average Bonchev–Trinajstić information content (AvgIpc) is 3.46. The van der Waals surface area contributed by atoms with Crippen LogP contribution in [0.5, 0.6) is 0 Å². The molecule has 0 radical (unpaired) electrons. The zero-order chi connectivity index (χ0) is 24.7. The highest BCUT2D eigenvalue weighted by atomic mass is 16.2. The molecule has 2 aliphatic carbocycles. The summed E-state index contributed by atoms with van der Waals surface area (Å²) in [5, 5.41) is 9.63. The fraction of sp³-hybridized carbons (Fsp3) is 0.517. The normalized spacial score (nSPS) is 25.7. The molecule has 1 aromatic carbocycles. The van der Waals surface area contributed by atoms with E-state index in [1.165, 1.54) is 6.42 Å². The van der Waals surface area contributed by atoms with Crippen molar-refractivity contribution >= 4 is 11.7 Å². The Morgan fingerprint density at radius 2 is 1.83 bits per heavy atom. The van der Waals surface area contributed by atoms with Crippen LogP contribution in [0.3, 0.4) is 0 Å². The standard InChI is InChI=1S/C29H34N4O2/c1-18-4-5-22(15-31-18)28(34)13-23-8-21(14-30)9-27(20(23)3)17-32-6-7-33(19(2)16-32)29(35)26-11-24-10-25(24)12-26/h4-5,8-9,15,19,24-26H,6-7,10-13,16-17H2,1-3H3/t19-,24?,25?,26?/m0/s1. The van der Waals surface area contributed by atoms with E-state index in [-0.39, 0.29) is 24.2 Å². The second kappa shape index (κ2) is 9.54. The van der Waals surface area contributed by atoms with Crippen molar-refractivity contribution in [1.29, 1.82) is 5.26 Å². The van der Waals surface area contributed by atoms with Gasteiger partial charge in [0, 0.05) is 62.0 Å². The van der Waals surface area contributed by atoms with E-state index in [1.54, 1.807) is 6.20 Å². The van der Waals surface area contributed by atoms with Crippen molar-refractivity contribution in [3.63, 3.8) is 0 Å². The van der Waals surface area contributed by atoms with Crippen molar-refractivity contribution in [3.05, 3.63) is 64.0 Å². The Morgan fingerprint density at radius 1 is 1.09 bits per heavy atom. The third-order valence-corrected chi connectivity index (χ3v) is 8.32. The third-order valence-electron chi connectivity index (χ3n) is 8.32. The highest BCUT2D eigenvalue weighted by Gasteiger charge is 2.49. The zero-order valence-corrected chi connectivity index (χ0v) is 21.0. The molecular weight excluding hydrogens is 436 g/mol. The summed E-state index contributed by atoms with van der Waals surface area (Å²) in [7, 11) is 0. The van der Waals surface area contributed by atoms with Gasteiger partial charge in [0.1, 0.15) is 0 Å². The van der Waals surface area contributed by atoms with E-state index in [2.05, 4.69) is 27.8 Å². The number of benzene rings is 1. The lowest BCUT2D eigenvalue weighted by atomic mass is 9.93. The Bertz CT molecular complexity index is 1170. The molecule has 1 aliphatic heterocycles. The van der Waals surface area contributed by atoms with Gasteiger partial charge in [0.25, 0.3) is 0 Å². The zero-order valence-electron chi connectivity index (χ0n) is 21.0. The molecule has 2 unspecified atom stereocenters. The van der Waals surface area contributed by atoms with Crippen LogP contribution < -0.4 is 0 Å². The van der Waals surface area contributed by atoms with Crippen LogP contribution in [0.15, 0.2) is 30.5 Å². The predicted molar refractivity (Wildman–Crippen MR) is 134 cm³/mol.